The van der Waals surface area contributed by atoms with Crippen molar-refractivity contribution in [1.29, 1.82) is 0 Å². The van der Waals surface area contributed by atoms with Gasteiger partial charge in [-0.05, 0) is 30.4 Å². The highest BCUT2D eigenvalue weighted by molar-refractivity contribution is 5.79. The predicted molar refractivity (Wildman–Crippen MR) is 110 cm³/mol. The minimum absolute atomic E-state index is 0.0176. The first-order valence-electron chi connectivity index (χ1n) is 10.0. The Morgan fingerprint density at radius 1 is 1.04 bits per heavy atom. The molecule has 1 aromatic rings. The zero-order chi connectivity index (χ0) is 20.7. The average molecular weight is 391 g/mol. The lowest BCUT2D eigenvalue weighted by molar-refractivity contribution is -0.135. The maximum atomic E-state index is 12.7. The van der Waals surface area contributed by atoms with Crippen LogP contribution in [0.15, 0.2) is 18.2 Å². The number of hydrogen-bond acceptors (Lipinski definition) is 4. The molecule has 6 heteroatoms. The minimum atomic E-state index is -0.0595. The predicted octanol–water partition coefficient (Wildman–Crippen LogP) is 2.77. The molecule has 0 aliphatic carbocycles. The van der Waals surface area contributed by atoms with E-state index in [0.717, 1.165) is 17.7 Å². The van der Waals surface area contributed by atoms with Gasteiger partial charge in [0.25, 0.3) is 5.91 Å². The molecule has 2 rings (SSSR count). The highest BCUT2D eigenvalue weighted by atomic mass is 16.5. The Morgan fingerprint density at radius 2 is 1.68 bits per heavy atom. The summed E-state index contributed by atoms with van der Waals surface area (Å²) in [5.41, 5.74) is 2.22. The fourth-order valence-electron chi connectivity index (χ4n) is 3.35. The van der Waals surface area contributed by atoms with Crippen molar-refractivity contribution in [1.82, 2.24) is 9.80 Å². The highest BCUT2D eigenvalue weighted by Crippen LogP contribution is 2.32. The van der Waals surface area contributed by atoms with Crippen molar-refractivity contribution in [3.63, 3.8) is 0 Å². The van der Waals surface area contributed by atoms with Crippen LogP contribution in [0.2, 0.25) is 0 Å². The quantitative estimate of drug-likeness (QED) is 0.749. The molecule has 0 saturated carbocycles. The number of nitrogens with zero attached hydrogens (tertiary/aromatic N) is 2. The third kappa shape index (κ3) is 6.23. The fraction of sp³-hybridized carbons (Fsp3) is 0.636. The van der Waals surface area contributed by atoms with Gasteiger partial charge in [-0.25, -0.2) is 0 Å². The number of carbonyl (C=O) groups is 2. The van der Waals surface area contributed by atoms with Gasteiger partial charge >= 0.3 is 0 Å². The molecule has 156 valence electrons. The van der Waals surface area contributed by atoms with Gasteiger partial charge in [0.05, 0.1) is 13.0 Å². The van der Waals surface area contributed by atoms with Gasteiger partial charge in [0.2, 0.25) is 5.91 Å². The van der Waals surface area contributed by atoms with E-state index in [9.17, 15) is 9.59 Å². The molecule has 1 aromatic carbocycles. The molecule has 0 aromatic heterocycles. The Labute approximate surface area is 168 Å². The first-order chi connectivity index (χ1) is 13.2. The molecule has 1 heterocycles. The Morgan fingerprint density at radius 3 is 2.29 bits per heavy atom. The molecule has 1 aliphatic heterocycles. The Kier molecular flexibility index (Phi) is 7.87. The van der Waals surface area contributed by atoms with Crippen LogP contribution in [0, 0.1) is 6.92 Å². The Balaban J connectivity index is 1.93. The van der Waals surface area contributed by atoms with Gasteiger partial charge in [0, 0.05) is 33.3 Å². The monoisotopic (exact) mass is 390 g/mol. The topological polar surface area (TPSA) is 59.1 Å². The summed E-state index contributed by atoms with van der Waals surface area (Å²) >= 11 is 0. The molecule has 6 nitrogen and oxygen atoms in total. The maximum absolute atomic E-state index is 12.7. The number of rotatable bonds is 6. The molecule has 0 radical (unpaired) electrons. The molecule has 0 N–H and O–H groups in total. The molecule has 1 saturated heterocycles. The summed E-state index contributed by atoms with van der Waals surface area (Å²) in [6.45, 7) is 11.4. The molecule has 28 heavy (non-hydrogen) atoms. The van der Waals surface area contributed by atoms with Crippen LogP contribution >= 0.6 is 0 Å². The van der Waals surface area contributed by atoms with Gasteiger partial charge in [0.15, 0.2) is 6.61 Å². The maximum Gasteiger partial charge on any atom is 0.260 e. The van der Waals surface area contributed by atoms with E-state index in [1.54, 1.807) is 12.0 Å². The molecule has 2 amide bonds. The van der Waals surface area contributed by atoms with E-state index in [-0.39, 0.29) is 23.8 Å². The zero-order valence-electron chi connectivity index (χ0n) is 17.9. The molecule has 0 unspecified atom stereocenters. The van der Waals surface area contributed by atoms with Crippen LogP contribution < -0.4 is 4.74 Å². The lowest BCUT2D eigenvalue weighted by Gasteiger charge is -2.25. The van der Waals surface area contributed by atoms with Gasteiger partial charge < -0.3 is 19.3 Å². The minimum Gasteiger partial charge on any atom is -0.483 e. The fourth-order valence-corrected chi connectivity index (χ4v) is 3.35. The van der Waals surface area contributed by atoms with Crippen LogP contribution in [-0.2, 0) is 19.7 Å². The third-order valence-electron chi connectivity index (χ3n) is 5.02. The van der Waals surface area contributed by atoms with Crippen molar-refractivity contribution < 1.29 is 19.1 Å². The van der Waals surface area contributed by atoms with Crippen molar-refractivity contribution in [2.24, 2.45) is 0 Å². The van der Waals surface area contributed by atoms with Gasteiger partial charge in [-0.1, -0.05) is 38.5 Å². The second kappa shape index (κ2) is 9.92. The van der Waals surface area contributed by atoms with E-state index in [0.29, 0.717) is 39.2 Å². The molecule has 1 fully saturated rings. The van der Waals surface area contributed by atoms with E-state index in [2.05, 4.69) is 33.8 Å². The Hall–Kier alpha value is -2.08. The van der Waals surface area contributed by atoms with Gasteiger partial charge in [-0.3, -0.25) is 9.59 Å². The second-order valence-corrected chi connectivity index (χ2v) is 8.40. The van der Waals surface area contributed by atoms with E-state index >= 15 is 0 Å². The van der Waals surface area contributed by atoms with Crippen molar-refractivity contribution in [2.75, 3.05) is 46.5 Å². The smallest absolute Gasteiger partial charge is 0.260 e. The van der Waals surface area contributed by atoms with Crippen LogP contribution in [0.3, 0.4) is 0 Å². The summed E-state index contributed by atoms with van der Waals surface area (Å²) in [6, 6.07) is 6.07. The van der Waals surface area contributed by atoms with Crippen LogP contribution in [0.25, 0.3) is 0 Å². The molecule has 0 spiro atoms. The largest absolute Gasteiger partial charge is 0.483 e. The van der Waals surface area contributed by atoms with Crippen LogP contribution in [-0.4, -0.2) is 68.1 Å². The van der Waals surface area contributed by atoms with Gasteiger partial charge in [-0.2, -0.15) is 0 Å². The van der Waals surface area contributed by atoms with Crippen LogP contribution in [0.4, 0.5) is 0 Å². The number of methoxy groups -OCH3 is 1. The Bertz CT molecular complexity index is 682. The first-order valence-corrected chi connectivity index (χ1v) is 10.0. The van der Waals surface area contributed by atoms with Crippen molar-refractivity contribution in [2.45, 2.75) is 46.0 Å². The number of carbonyl (C=O) groups excluding carboxylic acids is 2. The van der Waals surface area contributed by atoms with E-state index in [1.807, 2.05) is 17.0 Å². The molecule has 0 atom stereocenters. The van der Waals surface area contributed by atoms with E-state index in [4.69, 9.17) is 9.47 Å². The van der Waals surface area contributed by atoms with E-state index in [1.165, 1.54) is 5.56 Å². The normalized spacial score (nSPS) is 15.3. The molecular weight excluding hydrogens is 356 g/mol. The highest BCUT2D eigenvalue weighted by Gasteiger charge is 2.23. The van der Waals surface area contributed by atoms with Crippen molar-refractivity contribution in [3.05, 3.63) is 29.3 Å². The summed E-state index contributed by atoms with van der Waals surface area (Å²) in [7, 11) is 1.59. The van der Waals surface area contributed by atoms with Crippen molar-refractivity contribution >= 4 is 11.8 Å². The van der Waals surface area contributed by atoms with Crippen molar-refractivity contribution in [3.8, 4) is 5.75 Å². The standard InChI is InChI=1S/C22H34N2O4/c1-17-7-8-19(18(15-17)22(2,3)4)28-16-21(26)24-11-6-10-23(12-13-24)20(25)9-14-27-5/h7-8,15H,6,9-14,16H2,1-5H3. The zero-order valence-corrected chi connectivity index (χ0v) is 17.9. The summed E-state index contributed by atoms with van der Waals surface area (Å²) in [5.74, 6) is 0.811. The summed E-state index contributed by atoms with van der Waals surface area (Å²) in [6.07, 6.45) is 1.17. The van der Waals surface area contributed by atoms with Gasteiger partial charge in [0.1, 0.15) is 5.75 Å². The van der Waals surface area contributed by atoms with E-state index < -0.39 is 0 Å². The number of hydrogen-bond donors (Lipinski definition) is 0. The van der Waals surface area contributed by atoms with Gasteiger partial charge in [-0.15, -0.1) is 0 Å². The number of benzene rings is 1. The molecule has 1 aliphatic rings. The lowest BCUT2D eigenvalue weighted by Crippen LogP contribution is -2.39. The van der Waals surface area contributed by atoms with Crippen LogP contribution in [0.1, 0.15) is 44.7 Å². The lowest BCUT2D eigenvalue weighted by atomic mass is 9.85. The molecule has 0 bridgehead atoms. The third-order valence-corrected chi connectivity index (χ3v) is 5.02. The second-order valence-electron chi connectivity index (χ2n) is 8.40. The SMILES string of the molecule is COCCC(=O)N1CCCN(C(=O)COc2ccc(C)cc2C(C)(C)C)CC1. The molecular formula is C22H34N2O4. The van der Waals surface area contributed by atoms with Crippen LogP contribution in [0.5, 0.6) is 5.75 Å². The number of amides is 2. The summed E-state index contributed by atoms with van der Waals surface area (Å²) in [5, 5.41) is 0. The summed E-state index contributed by atoms with van der Waals surface area (Å²) < 4.78 is 10.9. The number of aryl methyl sites for hydroxylation is 1. The average Bonchev–Trinajstić information content (AvgIpc) is 2.90. The summed E-state index contributed by atoms with van der Waals surface area (Å²) in [4.78, 5) is 28.5. The first kappa shape index (κ1) is 22.2. The number of ether oxygens (including phenoxy) is 2.